The quantitative estimate of drug-likeness (QED) is 0.856. The van der Waals surface area contributed by atoms with Crippen LogP contribution in [0.15, 0.2) is 28.7 Å². The molecule has 0 spiro atoms. The molecular formula is C11H14BrNO2. The monoisotopic (exact) mass is 271 g/mol. The number of nitrogens with one attached hydrogen (secondary N) is 1. The Morgan fingerprint density at radius 1 is 1.40 bits per heavy atom. The molecule has 1 N–H and O–H groups in total. The summed E-state index contributed by atoms with van der Waals surface area (Å²) in [5, 5.41) is 2.98. The van der Waals surface area contributed by atoms with Gasteiger partial charge in [0.25, 0.3) is 0 Å². The Kier molecular flexibility index (Phi) is 3.88. The molecule has 0 fully saturated rings. The first-order valence-electron chi connectivity index (χ1n) is 4.58. The van der Waals surface area contributed by atoms with Gasteiger partial charge in [0.2, 0.25) is 0 Å². The Morgan fingerprint density at radius 3 is 2.33 bits per heavy atom. The molecule has 0 saturated heterocycles. The maximum atomic E-state index is 11.7. The molecule has 0 heterocycles. The minimum Gasteiger partial charge on any atom is -0.467 e. The van der Waals surface area contributed by atoms with Crippen molar-refractivity contribution in [2.45, 2.75) is 12.5 Å². The van der Waals surface area contributed by atoms with Crippen LogP contribution in [0.1, 0.15) is 12.5 Å². The number of carbonyl (C=O) groups excluding carboxylic acids is 1. The summed E-state index contributed by atoms with van der Waals surface area (Å²) in [4.78, 5) is 11.7. The Bertz CT molecular complexity index is 350. The summed E-state index contributed by atoms with van der Waals surface area (Å²) in [7, 11) is 3.12. The topological polar surface area (TPSA) is 38.3 Å². The van der Waals surface area contributed by atoms with E-state index in [2.05, 4.69) is 21.2 Å². The Hall–Kier alpha value is -0.870. The predicted octanol–water partition coefficient (Wildman–Crippen LogP) is 2.06. The molecule has 0 saturated carbocycles. The van der Waals surface area contributed by atoms with Gasteiger partial charge in [-0.2, -0.15) is 0 Å². The van der Waals surface area contributed by atoms with E-state index in [4.69, 9.17) is 4.74 Å². The normalized spacial score (nSPS) is 14.4. The van der Waals surface area contributed by atoms with E-state index in [0.717, 1.165) is 10.0 Å². The molecule has 0 aliphatic rings. The van der Waals surface area contributed by atoms with Crippen LogP contribution in [-0.2, 0) is 15.1 Å². The molecule has 1 atom stereocenters. The summed E-state index contributed by atoms with van der Waals surface area (Å²) in [6.45, 7) is 1.79. The first kappa shape index (κ1) is 12.2. The van der Waals surface area contributed by atoms with Crippen LogP contribution in [0.4, 0.5) is 0 Å². The van der Waals surface area contributed by atoms with E-state index >= 15 is 0 Å². The van der Waals surface area contributed by atoms with Crippen molar-refractivity contribution in [3.05, 3.63) is 34.3 Å². The SMILES string of the molecule is CN[C@@](C)(C(=O)OC)c1ccc(Br)cc1. The number of esters is 1. The van der Waals surface area contributed by atoms with Crippen molar-refractivity contribution >= 4 is 21.9 Å². The van der Waals surface area contributed by atoms with Gasteiger partial charge in [-0.15, -0.1) is 0 Å². The number of halogens is 1. The average Bonchev–Trinajstić information content (AvgIpc) is 2.27. The first-order chi connectivity index (χ1) is 7.04. The largest absolute Gasteiger partial charge is 0.467 e. The van der Waals surface area contributed by atoms with E-state index < -0.39 is 5.54 Å². The molecule has 0 unspecified atom stereocenters. The summed E-state index contributed by atoms with van der Waals surface area (Å²) >= 11 is 3.35. The van der Waals surface area contributed by atoms with Gasteiger partial charge in [-0.05, 0) is 31.7 Å². The van der Waals surface area contributed by atoms with Crippen LogP contribution in [0.25, 0.3) is 0 Å². The van der Waals surface area contributed by atoms with Gasteiger partial charge in [-0.25, -0.2) is 4.79 Å². The number of hydrogen-bond donors (Lipinski definition) is 1. The van der Waals surface area contributed by atoms with Crippen LogP contribution in [0.2, 0.25) is 0 Å². The second kappa shape index (κ2) is 4.77. The summed E-state index contributed by atoms with van der Waals surface area (Å²) in [5.74, 6) is -0.299. The summed E-state index contributed by atoms with van der Waals surface area (Å²) in [6.07, 6.45) is 0. The van der Waals surface area contributed by atoms with Gasteiger partial charge >= 0.3 is 5.97 Å². The molecular weight excluding hydrogens is 258 g/mol. The molecule has 1 aromatic carbocycles. The lowest BCUT2D eigenvalue weighted by atomic mass is 9.92. The molecule has 1 rings (SSSR count). The lowest BCUT2D eigenvalue weighted by molar-refractivity contribution is -0.148. The lowest BCUT2D eigenvalue weighted by Gasteiger charge is -2.26. The summed E-state index contributed by atoms with van der Waals surface area (Å²) < 4.78 is 5.76. The number of methoxy groups -OCH3 is 1. The van der Waals surface area contributed by atoms with Crippen molar-refractivity contribution < 1.29 is 9.53 Å². The number of ether oxygens (including phenoxy) is 1. The third-order valence-electron chi connectivity index (χ3n) is 2.52. The van der Waals surface area contributed by atoms with Crippen molar-refractivity contribution in [2.24, 2.45) is 0 Å². The van der Waals surface area contributed by atoms with E-state index in [1.807, 2.05) is 24.3 Å². The fourth-order valence-electron chi connectivity index (χ4n) is 1.35. The Labute approximate surface area is 97.9 Å². The second-order valence-electron chi connectivity index (χ2n) is 3.37. The van der Waals surface area contributed by atoms with E-state index in [1.165, 1.54) is 7.11 Å². The van der Waals surface area contributed by atoms with Crippen molar-refractivity contribution in [3.8, 4) is 0 Å². The maximum absolute atomic E-state index is 11.7. The Balaban J connectivity index is 3.11. The van der Waals surface area contributed by atoms with Crippen LogP contribution in [0.5, 0.6) is 0 Å². The predicted molar refractivity (Wildman–Crippen MR) is 62.6 cm³/mol. The zero-order valence-electron chi connectivity index (χ0n) is 9.00. The molecule has 1 aromatic rings. The number of likely N-dealkylation sites (N-methyl/N-ethyl adjacent to an activating group) is 1. The molecule has 0 amide bonds. The molecule has 0 bridgehead atoms. The molecule has 15 heavy (non-hydrogen) atoms. The number of rotatable bonds is 3. The van der Waals surface area contributed by atoms with Crippen molar-refractivity contribution in [1.29, 1.82) is 0 Å². The van der Waals surface area contributed by atoms with Crippen molar-refractivity contribution in [3.63, 3.8) is 0 Å². The average molecular weight is 272 g/mol. The van der Waals surface area contributed by atoms with Gasteiger partial charge < -0.3 is 10.1 Å². The van der Waals surface area contributed by atoms with E-state index in [0.29, 0.717) is 0 Å². The van der Waals surface area contributed by atoms with Gasteiger partial charge in [0, 0.05) is 4.47 Å². The highest BCUT2D eigenvalue weighted by Crippen LogP contribution is 2.23. The third kappa shape index (κ3) is 2.38. The van der Waals surface area contributed by atoms with Crippen molar-refractivity contribution in [1.82, 2.24) is 5.32 Å². The van der Waals surface area contributed by atoms with E-state index in [-0.39, 0.29) is 5.97 Å². The maximum Gasteiger partial charge on any atom is 0.330 e. The van der Waals surface area contributed by atoms with Gasteiger partial charge in [-0.3, -0.25) is 0 Å². The number of carbonyl (C=O) groups is 1. The second-order valence-corrected chi connectivity index (χ2v) is 4.29. The minimum absolute atomic E-state index is 0.299. The lowest BCUT2D eigenvalue weighted by Crippen LogP contribution is -2.45. The number of hydrogen-bond acceptors (Lipinski definition) is 3. The zero-order valence-corrected chi connectivity index (χ0v) is 10.6. The minimum atomic E-state index is -0.796. The molecule has 0 aromatic heterocycles. The van der Waals surface area contributed by atoms with Gasteiger partial charge in [0.05, 0.1) is 7.11 Å². The fourth-order valence-corrected chi connectivity index (χ4v) is 1.62. The molecule has 0 radical (unpaired) electrons. The van der Waals surface area contributed by atoms with Crippen LogP contribution in [0.3, 0.4) is 0 Å². The summed E-state index contributed by atoms with van der Waals surface area (Å²) in [6, 6.07) is 7.57. The van der Waals surface area contributed by atoms with Crippen LogP contribution < -0.4 is 5.32 Å². The first-order valence-corrected chi connectivity index (χ1v) is 5.37. The summed E-state index contributed by atoms with van der Waals surface area (Å²) in [5.41, 5.74) is 0.0789. The highest BCUT2D eigenvalue weighted by atomic mass is 79.9. The molecule has 4 heteroatoms. The third-order valence-corrected chi connectivity index (χ3v) is 3.04. The van der Waals surface area contributed by atoms with Crippen LogP contribution >= 0.6 is 15.9 Å². The van der Waals surface area contributed by atoms with Gasteiger partial charge in [0.15, 0.2) is 0 Å². The zero-order chi connectivity index (χ0) is 11.5. The van der Waals surface area contributed by atoms with Crippen molar-refractivity contribution in [2.75, 3.05) is 14.2 Å². The highest BCUT2D eigenvalue weighted by molar-refractivity contribution is 9.10. The van der Waals surface area contributed by atoms with E-state index in [9.17, 15) is 4.79 Å². The smallest absolute Gasteiger partial charge is 0.330 e. The van der Waals surface area contributed by atoms with Gasteiger partial charge in [-0.1, -0.05) is 28.1 Å². The standard InChI is InChI=1S/C11H14BrNO2/c1-11(13-2,10(14)15-3)8-4-6-9(12)7-5-8/h4-7,13H,1-3H3/t11-/m1/s1. The molecule has 0 aliphatic carbocycles. The highest BCUT2D eigenvalue weighted by Gasteiger charge is 2.34. The molecule has 3 nitrogen and oxygen atoms in total. The van der Waals surface area contributed by atoms with E-state index in [1.54, 1.807) is 14.0 Å². The van der Waals surface area contributed by atoms with Crippen LogP contribution in [0, 0.1) is 0 Å². The number of benzene rings is 1. The molecule has 82 valence electrons. The Morgan fingerprint density at radius 2 is 1.93 bits per heavy atom. The van der Waals surface area contributed by atoms with Gasteiger partial charge in [0.1, 0.15) is 5.54 Å². The van der Waals surface area contributed by atoms with Crippen LogP contribution in [-0.4, -0.2) is 20.1 Å². The fraction of sp³-hybridized carbons (Fsp3) is 0.364. The molecule has 0 aliphatic heterocycles.